The number of anilines is 1. The van der Waals surface area contributed by atoms with Crippen molar-refractivity contribution in [3.8, 4) is 0 Å². The first-order valence-corrected chi connectivity index (χ1v) is 8.41. The minimum Gasteiger partial charge on any atom is -0.345 e. The van der Waals surface area contributed by atoms with Crippen LogP contribution in [-0.4, -0.2) is 27.4 Å². The number of amides is 1. The molecule has 2 aromatic carbocycles. The predicted octanol–water partition coefficient (Wildman–Crippen LogP) is 3.08. The number of carbonyl (C=O) groups excluding carboxylic acids is 3. The summed E-state index contributed by atoms with van der Waals surface area (Å²) in [5.41, 5.74) is 2.64. The van der Waals surface area contributed by atoms with Crippen molar-refractivity contribution in [2.24, 2.45) is 5.92 Å². The molecular weight excluding hydrogens is 354 g/mol. The van der Waals surface area contributed by atoms with Crippen molar-refractivity contribution in [1.82, 2.24) is 9.97 Å². The summed E-state index contributed by atoms with van der Waals surface area (Å²) < 4.78 is 0. The summed E-state index contributed by atoms with van der Waals surface area (Å²) >= 11 is 6.09. The normalized spacial score (nSPS) is 20.2. The Bertz CT molecular complexity index is 1060. The number of hydrogen-bond acceptors (Lipinski definition) is 4. The van der Waals surface area contributed by atoms with E-state index in [1.165, 1.54) is 11.8 Å². The number of aromatic nitrogens is 2. The molecule has 2 unspecified atom stereocenters. The number of halogens is 1. The van der Waals surface area contributed by atoms with E-state index in [1.54, 1.807) is 48.8 Å². The molecule has 2 atom stereocenters. The maximum Gasteiger partial charge on any atom is 0.295 e. The van der Waals surface area contributed by atoms with Gasteiger partial charge in [0.05, 0.1) is 23.4 Å². The zero-order valence-electron chi connectivity index (χ0n) is 13.8. The minimum absolute atomic E-state index is 0.349. The number of rotatable bonds is 3. The first-order valence-electron chi connectivity index (χ1n) is 8.04. The van der Waals surface area contributed by atoms with Crippen molar-refractivity contribution in [1.29, 1.82) is 0 Å². The maximum absolute atomic E-state index is 12.7. The lowest BCUT2D eigenvalue weighted by Gasteiger charge is -2.27. The van der Waals surface area contributed by atoms with Crippen molar-refractivity contribution in [2.45, 2.75) is 13.0 Å². The number of hydrogen-bond donors (Lipinski definition) is 1. The van der Waals surface area contributed by atoms with Gasteiger partial charge in [-0.05, 0) is 42.8 Å². The summed E-state index contributed by atoms with van der Waals surface area (Å²) in [6.07, 6.45) is 1.55. The highest BCUT2D eigenvalue weighted by molar-refractivity contribution is 6.48. The molecule has 0 spiro atoms. The third-order valence-corrected chi connectivity index (χ3v) is 4.85. The van der Waals surface area contributed by atoms with E-state index in [-0.39, 0.29) is 5.78 Å². The van der Waals surface area contributed by atoms with E-state index in [2.05, 4.69) is 9.97 Å². The second-order valence-corrected chi connectivity index (χ2v) is 6.67. The van der Waals surface area contributed by atoms with Crippen LogP contribution in [0.3, 0.4) is 0 Å². The van der Waals surface area contributed by atoms with Crippen LogP contribution >= 0.6 is 11.6 Å². The van der Waals surface area contributed by atoms with Gasteiger partial charge in [0.1, 0.15) is 11.7 Å². The Balaban J connectivity index is 1.90. The molecule has 0 bridgehead atoms. The summed E-state index contributed by atoms with van der Waals surface area (Å²) in [5.74, 6) is -2.81. The Labute approximate surface area is 153 Å². The van der Waals surface area contributed by atoms with Gasteiger partial charge in [-0.1, -0.05) is 23.7 Å². The molecule has 0 aliphatic carbocycles. The van der Waals surface area contributed by atoms with Crippen molar-refractivity contribution < 1.29 is 14.4 Å². The van der Waals surface area contributed by atoms with Crippen molar-refractivity contribution in [3.05, 3.63) is 59.4 Å². The lowest BCUT2D eigenvalue weighted by atomic mass is 9.90. The molecule has 3 aromatic rings. The van der Waals surface area contributed by atoms with E-state index in [4.69, 9.17) is 11.6 Å². The third-order valence-electron chi connectivity index (χ3n) is 4.62. The highest BCUT2D eigenvalue weighted by Gasteiger charge is 2.51. The van der Waals surface area contributed by atoms with Crippen LogP contribution in [0, 0.1) is 5.92 Å². The van der Waals surface area contributed by atoms with Gasteiger partial charge in [-0.3, -0.25) is 19.3 Å². The van der Waals surface area contributed by atoms with Crippen LogP contribution < -0.4 is 4.90 Å². The summed E-state index contributed by atoms with van der Waals surface area (Å²) in [7, 11) is 0. The monoisotopic (exact) mass is 367 g/mol. The smallest absolute Gasteiger partial charge is 0.295 e. The lowest BCUT2D eigenvalue weighted by molar-refractivity contribution is -0.138. The van der Waals surface area contributed by atoms with Crippen molar-refractivity contribution in [3.63, 3.8) is 0 Å². The van der Waals surface area contributed by atoms with Crippen LogP contribution in [0.25, 0.3) is 11.0 Å². The topological polar surface area (TPSA) is 83.1 Å². The molecule has 1 N–H and O–H groups in total. The zero-order chi connectivity index (χ0) is 18.4. The Hall–Kier alpha value is -2.99. The molecule has 2 heterocycles. The number of ketones is 2. The fourth-order valence-electron chi connectivity index (χ4n) is 3.46. The highest BCUT2D eigenvalue weighted by Crippen LogP contribution is 2.41. The Kier molecular flexibility index (Phi) is 3.85. The lowest BCUT2D eigenvalue weighted by Crippen LogP contribution is -2.30. The molecule has 1 aromatic heterocycles. The Morgan fingerprint density at radius 2 is 2.00 bits per heavy atom. The predicted molar refractivity (Wildman–Crippen MR) is 97.0 cm³/mol. The van der Waals surface area contributed by atoms with Gasteiger partial charge in [-0.25, -0.2) is 4.98 Å². The van der Waals surface area contributed by atoms with E-state index < -0.39 is 23.7 Å². The van der Waals surface area contributed by atoms with Gasteiger partial charge >= 0.3 is 0 Å². The van der Waals surface area contributed by atoms with E-state index in [0.29, 0.717) is 16.3 Å². The van der Waals surface area contributed by atoms with E-state index in [0.717, 1.165) is 11.0 Å². The van der Waals surface area contributed by atoms with Crippen LogP contribution in [0.5, 0.6) is 0 Å². The van der Waals surface area contributed by atoms with Crippen molar-refractivity contribution in [2.75, 3.05) is 4.90 Å². The Morgan fingerprint density at radius 3 is 2.73 bits per heavy atom. The molecule has 130 valence electrons. The SMILES string of the molecule is CC(=O)C1C(=O)C(=O)N(c2ccc3nc[nH]c3c2)C1c1cccc(Cl)c1. The number of Topliss-reactive ketones (excluding diaryl/α,β-unsaturated/α-hetero) is 2. The Morgan fingerprint density at radius 1 is 1.19 bits per heavy atom. The van der Waals surface area contributed by atoms with Gasteiger partial charge in [-0.2, -0.15) is 0 Å². The van der Waals surface area contributed by atoms with Crippen LogP contribution in [0.1, 0.15) is 18.5 Å². The first-order chi connectivity index (χ1) is 12.5. The number of imidazole rings is 1. The number of fused-ring (bicyclic) bond motifs is 1. The summed E-state index contributed by atoms with van der Waals surface area (Å²) in [4.78, 5) is 46.0. The second kappa shape index (κ2) is 6.07. The molecule has 1 aliphatic rings. The number of aromatic amines is 1. The number of benzene rings is 2. The number of carbonyl (C=O) groups is 3. The number of nitrogens with zero attached hydrogens (tertiary/aromatic N) is 2. The summed E-state index contributed by atoms with van der Waals surface area (Å²) in [6.45, 7) is 1.33. The van der Waals surface area contributed by atoms with Gasteiger partial charge in [0.15, 0.2) is 0 Å². The third kappa shape index (κ3) is 2.50. The number of H-pyrrole nitrogens is 1. The molecule has 0 radical (unpaired) electrons. The molecule has 4 rings (SSSR count). The molecule has 26 heavy (non-hydrogen) atoms. The standard InChI is InChI=1S/C19H14ClN3O3/c1-10(24)16-17(11-3-2-4-12(20)7-11)23(19(26)18(16)25)13-5-6-14-15(8-13)22-9-21-14/h2-9,16-17H,1H3,(H,21,22). The fraction of sp³-hybridized carbons (Fsp3) is 0.158. The average Bonchev–Trinajstić information content (AvgIpc) is 3.17. The van der Waals surface area contributed by atoms with E-state index >= 15 is 0 Å². The molecule has 1 fully saturated rings. The quantitative estimate of drug-likeness (QED) is 0.569. The van der Waals surface area contributed by atoms with Crippen LogP contribution in [0.15, 0.2) is 48.8 Å². The van der Waals surface area contributed by atoms with Gasteiger partial charge in [-0.15, -0.1) is 0 Å². The highest BCUT2D eigenvalue weighted by atomic mass is 35.5. The van der Waals surface area contributed by atoms with Gasteiger partial charge in [0.2, 0.25) is 5.78 Å². The van der Waals surface area contributed by atoms with Crippen LogP contribution in [-0.2, 0) is 14.4 Å². The van der Waals surface area contributed by atoms with Crippen molar-refractivity contribution >= 4 is 45.8 Å². The molecular formula is C19H14ClN3O3. The second-order valence-electron chi connectivity index (χ2n) is 6.23. The largest absolute Gasteiger partial charge is 0.345 e. The molecule has 1 aliphatic heterocycles. The fourth-order valence-corrected chi connectivity index (χ4v) is 3.66. The zero-order valence-corrected chi connectivity index (χ0v) is 14.5. The van der Waals surface area contributed by atoms with Crippen LogP contribution in [0.4, 0.5) is 5.69 Å². The van der Waals surface area contributed by atoms with Crippen LogP contribution in [0.2, 0.25) is 5.02 Å². The maximum atomic E-state index is 12.7. The molecule has 1 saturated heterocycles. The van der Waals surface area contributed by atoms with E-state index in [9.17, 15) is 14.4 Å². The summed E-state index contributed by atoms with van der Waals surface area (Å²) in [5, 5.41) is 0.473. The molecule has 0 saturated carbocycles. The minimum atomic E-state index is -1.06. The molecule has 7 heteroatoms. The molecule has 1 amide bonds. The van der Waals surface area contributed by atoms with Gasteiger partial charge in [0, 0.05) is 10.7 Å². The van der Waals surface area contributed by atoms with Gasteiger partial charge in [0.25, 0.3) is 5.91 Å². The van der Waals surface area contributed by atoms with Gasteiger partial charge < -0.3 is 4.98 Å². The average molecular weight is 368 g/mol. The summed E-state index contributed by atoms with van der Waals surface area (Å²) in [6, 6.07) is 11.4. The number of nitrogens with one attached hydrogen (secondary N) is 1. The van der Waals surface area contributed by atoms with E-state index in [1.807, 2.05) is 0 Å². The first kappa shape index (κ1) is 16.5. The molecule has 6 nitrogen and oxygen atoms in total.